The van der Waals surface area contributed by atoms with Crippen LogP contribution in [0.15, 0.2) is 18.2 Å². The Balaban J connectivity index is 2.23. The second-order valence-corrected chi connectivity index (χ2v) is 6.96. The molecule has 1 aromatic carbocycles. The number of aliphatic hydroxyl groups is 1. The number of carboxylic acid groups (broad SMARTS) is 1. The Bertz CT molecular complexity index is 624. The average molecular weight is 349 g/mol. The van der Waals surface area contributed by atoms with E-state index >= 15 is 0 Å². The van der Waals surface area contributed by atoms with Crippen LogP contribution >= 0.6 is 0 Å². The number of nitrogens with one attached hydrogen (secondary N) is 1. The molecule has 0 spiro atoms. The predicted octanol–water partition coefficient (Wildman–Crippen LogP) is 3.19. The van der Waals surface area contributed by atoms with E-state index in [1.54, 1.807) is 25.1 Å². The molecule has 0 aromatic heterocycles. The smallest absolute Gasteiger partial charge is 0.304 e. The lowest BCUT2D eigenvalue weighted by molar-refractivity contribution is -0.145. The maximum Gasteiger partial charge on any atom is 0.304 e. The molecule has 138 valence electrons. The first-order chi connectivity index (χ1) is 11.9. The van der Waals surface area contributed by atoms with E-state index in [2.05, 4.69) is 5.32 Å². The monoisotopic (exact) mass is 349 g/mol. The number of amides is 1. The number of ether oxygens (including phenoxy) is 1. The molecule has 6 nitrogen and oxygen atoms in total. The van der Waals surface area contributed by atoms with E-state index in [1.165, 1.54) is 7.11 Å². The summed E-state index contributed by atoms with van der Waals surface area (Å²) < 4.78 is 5.16. The first kappa shape index (κ1) is 19.2. The highest BCUT2D eigenvalue weighted by molar-refractivity contribution is 5.97. The second-order valence-electron chi connectivity index (χ2n) is 6.96. The summed E-state index contributed by atoms with van der Waals surface area (Å²) in [4.78, 5) is 24.3. The van der Waals surface area contributed by atoms with E-state index in [0.717, 1.165) is 32.1 Å². The molecule has 1 fully saturated rings. The number of anilines is 1. The molecule has 0 unspecified atom stereocenters. The van der Waals surface area contributed by atoms with Crippen molar-refractivity contribution in [3.05, 3.63) is 23.8 Å². The van der Waals surface area contributed by atoms with Crippen molar-refractivity contribution in [2.45, 2.75) is 52.1 Å². The van der Waals surface area contributed by atoms with Crippen molar-refractivity contribution in [2.75, 3.05) is 12.4 Å². The van der Waals surface area contributed by atoms with Crippen molar-refractivity contribution >= 4 is 17.6 Å². The molecule has 1 atom stereocenters. The minimum absolute atomic E-state index is 0.0629. The normalized spacial score (nSPS) is 17.6. The van der Waals surface area contributed by atoms with Gasteiger partial charge in [0, 0.05) is 11.3 Å². The number of carbonyl (C=O) groups is 2. The van der Waals surface area contributed by atoms with Gasteiger partial charge in [-0.25, -0.2) is 0 Å². The van der Waals surface area contributed by atoms with Gasteiger partial charge in [-0.1, -0.05) is 19.3 Å². The number of carboxylic acids is 1. The SMILES string of the molecule is COc1ccc(NC(=O)[C@](C)(CC(=O)O)C2CCCCC2)cc1CO. The highest BCUT2D eigenvalue weighted by Gasteiger charge is 2.43. The summed E-state index contributed by atoms with van der Waals surface area (Å²) in [5, 5.41) is 21.6. The van der Waals surface area contributed by atoms with Crippen LogP contribution in [0.4, 0.5) is 5.69 Å². The topological polar surface area (TPSA) is 95.9 Å². The zero-order chi connectivity index (χ0) is 18.4. The molecular weight excluding hydrogens is 322 g/mol. The molecule has 1 aliphatic carbocycles. The Hall–Kier alpha value is -2.08. The van der Waals surface area contributed by atoms with Crippen molar-refractivity contribution < 1.29 is 24.5 Å². The number of carbonyl (C=O) groups excluding carboxylic acids is 1. The molecule has 1 aliphatic rings. The first-order valence-electron chi connectivity index (χ1n) is 8.71. The Kier molecular flexibility index (Phi) is 6.42. The summed E-state index contributed by atoms with van der Waals surface area (Å²) in [6.07, 6.45) is 4.77. The first-order valence-corrected chi connectivity index (χ1v) is 8.71. The molecule has 1 amide bonds. The van der Waals surface area contributed by atoms with E-state index in [1.807, 2.05) is 0 Å². The quantitative estimate of drug-likeness (QED) is 0.702. The van der Waals surface area contributed by atoms with Crippen LogP contribution in [0.1, 0.15) is 51.0 Å². The lowest BCUT2D eigenvalue weighted by Gasteiger charge is -2.37. The minimum Gasteiger partial charge on any atom is -0.496 e. The number of aliphatic carboxylic acids is 1. The van der Waals surface area contributed by atoms with Crippen molar-refractivity contribution in [1.29, 1.82) is 0 Å². The molecule has 0 radical (unpaired) electrons. The minimum atomic E-state index is -0.964. The zero-order valence-electron chi connectivity index (χ0n) is 14.9. The second kappa shape index (κ2) is 8.34. The molecule has 0 bridgehead atoms. The van der Waals surface area contributed by atoms with Crippen LogP contribution in [0.3, 0.4) is 0 Å². The average Bonchev–Trinajstić information content (AvgIpc) is 2.61. The van der Waals surface area contributed by atoms with Crippen LogP contribution in [-0.2, 0) is 16.2 Å². The van der Waals surface area contributed by atoms with Gasteiger partial charge >= 0.3 is 5.97 Å². The summed E-state index contributed by atoms with van der Waals surface area (Å²) in [5.74, 6) is -0.640. The number of rotatable bonds is 7. The van der Waals surface area contributed by atoms with Crippen LogP contribution in [-0.4, -0.2) is 29.2 Å². The summed E-state index contributed by atoms with van der Waals surface area (Å²) in [7, 11) is 1.51. The molecule has 0 aliphatic heterocycles. The van der Waals surface area contributed by atoms with Gasteiger partial charge in [0.2, 0.25) is 5.91 Å². The molecule has 25 heavy (non-hydrogen) atoms. The molecule has 2 rings (SSSR count). The van der Waals surface area contributed by atoms with Crippen molar-refractivity contribution in [3.63, 3.8) is 0 Å². The summed E-state index contributed by atoms with van der Waals surface area (Å²) in [6, 6.07) is 5.02. The standard InChI is InChI=1S/C19H27NO5/c1-19(11-17(22)23,14-6-4-3-5-7-14)18(24)20-15-8-9-16(25-2)13(10-15)12-21/h8-10,14,21H,3-7,11-12H2,1-2H3,(H,20,24)(H,22,23)/t19-/m1/s1. The van der Waals surface area contributed by atoms with E-state index in [4.69, 9.17) is 4.74 Å². The fourth-order valence-corrected chi connectivity index (χ4v) is 3.72. The molecule has 0 saturated heterocycles. The summed E-state index contributed by atoms with van der Waals surface area (Å²) in [6.45, 7) is 1.55. The van der Waals surface area contributed by atoms with E-state index in [0.29, 0.717) is 17.0 Å². The molecule has 1 aromatic rings. The van der Waals surface area contributed by atoms with Crippen molar-refractivity contribution in [3.8, 4) is 5.75 Å². The lowest BCUT2D eigenvalue weighted by atomic mass is 9.67. The largest absolute Gasteiger partial charge is 0.496 e. The van der Waals surface area contributed by atoms with E-state index in [9.17, 15) is 19.8 Å². The highest BCUT2D eigenvalue weighted by Crippen LogP contribution is 2.42. The van der Waals surface area contributed by atoms with Gasteiger partial charge in [0.15, 0.2) is 0 Å². The Labute approximate surface area is 148 Å². The maximum absolute atomic E-state index is 13.0. The molecular formula is C19H27NO5. The Morgan fingerprint density at radius 1 is 1.28 bits per heavy atom. The van der Waals surface area contributed by atoms with Gasteiger partial charge in [-0.05, 0) is 43.9 Å². The van der Waals surface area contributed by atoms with Crippen LogP contribution in [0.2, 0.25) is 0 Å². The molecule has 1 saturated carbocycles. The van der Waals surface area contributed by atoms with E-state index < -0.39 is 11.4 Å². The van der Waals surface area contributed by atoms with Crippen LogP contribution in [0, 0.1) is 11.3 Å². The number of hydrogen-bond acceptors (Lipinski definition) is 4. The van der Waals surface area contributed by atoms with Gasteiger partial charge in [0.1, 0.15) is 5.75 Å². The number of hydrogen-bond donors (Lipinski definition) is 3. The fraction of sp³-hybridized carbons (Fsp3) is 0.579. The third-order valence-electron chi connectivity index (χ3n) is 5.25. The van der Waals surface area contributed by atoms with Crippen molar-refractivity contribution in [2.24, 2.45) is 11.3 Å². The Morgan fingerprint density at radius 3 is 2.52 bits per heavy atom. The van der Waals surface area contributed by atoms with Gasteiger partial charge < -0.3 is 20.3 Å². The van der Waals surface area contributed by atoms with E-state index in [-0.39, 0.29) is 24.9 Å². The van der Waals surface area contributed by atoms with Gasteiger partial charge in [0.05, 0.1) is 25.6 Å². The maximum atomic E-state index is 13.0. The van der Waals surface area contributed by atoms with Gasteiger partial charge in [-0.15, -0.1) is 0 Å². The molecule has 0 heterocycles. The lowest BCUT2D eigenvalue weighted by Crippen LogP contribution is -2.42. The van der Waals surface area contributed by atoms with Gasteiger partial charge in [-0.2, -0.15) is 0 Å². The van der Waals surface area contributed by atoms with Crippen LogP contribution in [0.25, 0.3) is 0 Å². The number of methoxy groups -OCH3 is 1. The number of aliphatic hydroxyl groups excluding tert-OH is 1. The van der Waals surface area contributed by atoms with Gasteiger partial charge in [0.25, 0.3) is 0 Å². The molecule has 3 N–H and O–H groups in total. The van der Waals surface area contributed by atoms with Crippen molar-refractivity contribution in [1.82, 2.24) is 0 Å². The summed E-state index contributed by atoms with van der Waals surface area (Å²) in [5.41, 5.74) is 0.145. The number of benzene rings is 1. The van der Waals surface area contributed by atoms with Crippen LogP contribution < -0.4 is 10.1 Å². The zero-order valence-corrected chi connectivity index (χ0v) is 14.9. The third-order valence-corrected chi connectivity index (χ3v) is 5.25. The van der Waals surface area contributed by atoms with Gasteiger partial charge in [-0.3, -0.25) is 9.59 Å². The summed E-state index contributed by atoms with van der Waals surface area (Å²) >= 11 is 0. The third kappa shape index (κ3) is 4.51. The molecule has 6 heteroatoms. The predicted molar refractivity (Wildman–Crippen MR) is 94.5 cm³/mol. The fourth-order valence-electron chi connectivity index (χ4n) is 3.72. The Morgan fingerprint density at radius 2 is 1.96 bits per heavy atom. The highest BCUT2D eigenvalue weighted by atomic mass is 16.5. The van der Waals surface area contributed by atoms with Crippen LogP contribution in [0.5, 0.6) is 5.75 Å².